The van der Waals surface area contributed by atoms with E-state index in [1.807, 2.05) is 12.1 Å². The predicted octanol–water partition coefficient (Wildman–Crippen LogP) is 5.02. The Morgan fingerprint density at radius 1 is 1.10 bits per heavy atom. The standard InChI is InChI=1S/C19H28N2/c1-19(2,3)17-8-4-16(5-9-17)14-21-18-10-6-15(7-11-18)12-13-20/h6-7,10-11,16-17,21H,4-5,8-9,12,14H2,1-3H3. The molecular formula is C19H28N2. The molecule has 114 valence electrons. The van der Waals surface area contributed by atoms with Crippen LogP contribution < -0.4 is 5.32 Å². The molecule has 1 aliphatic carbocycles. The Hall–Kier alpha value is -1.49. The van der Waals surface area contributed by atoms with E-state index in [9.17, 15) is 0 Å². The molecule has 0 amide bonds. The number of nitrogens with one attached hydrogen (secondary N) is 1. The van der Waals surface area contributed by atoms with Crippen LogP contribution in [0.2, 0.25) is 0 Å². The average Bonchev–Trinajstić information content (AvgIpc) is 2.46. The van der Waals surface area contributed by atoms with Crippen LogP contribution >= 0.6 is 0 Å². The summed E-state index contributed by atoms with van der Waals surface area (Å²) in [6.45, 7) is 8.20. The van der Waals surface area contributed by atoms with E-state index < -0.39 is 0 Å². The Balaban J connectivity index is 1.76. The van der Waals surface area contributed by atoms with Crippen molar-refractivity contribution >= 4 is 5.69 Å². The first kappa shape index (κ1) is 15.9. The molecule has 0 aromatic heterocycles. The lowest BCUT2D eigenvalue weighted by molar-refractivity contribution is 0.153. The van der Waals surface area contributed by atoms with Crippen molar-refractivity contribution < 1.29 is 0 Å². The molecule has 0 unspecified atom stereocenters. The van der Waals surface area contributed by atoms with Crippen molar-refractivity contribution in [2.24, 2.45) is 17.3 Å². The molecule has 0 spiro atoms. The number of rotatable bonds is 4. The molecule has 0 saturated heterocycles. The van der Waals surface area contributed by atoms with Crippen molar-refractivity contribution in [2.75, 3.05) is 11.9 Å². The Morgan fingerprint density at radius 2 is 1.71 bits per heavy atom. The molecule has 1 fully saturated rings. The van der Waals surface area contributed by atoms with E-state index in [0.29, 0.717) is 11.8 Å². The van der Waals surface area contributed by atoms with Crippen molar-refractivity contribution in [1.29, 1.82) is 5.26 Å². The fourth-order valence-corrected chi connectivity index (χ4v) is 3.33. The molecule has 1 N–H and O–H groups in total. The lowest BCUT2D eigenvalue weighted by Crippen LogP contribution is -2.28. The van der Waals surface area contributed by atoms with Gasteiger partial charge in [-0.1, -0.05) is 32.9 Å². The summed E-state index contributed by atoms with van der Waals surface area (Å²) in [5.74, 6) is 1.70. The van der Waals surface area contributed by atoms with Gasteiger partial charge < -0.3 is 5.32 Å². The quantitative estimate of drug-likeness (QED) is 0.843. The lowest BCUT2D eigenvalue weighted by atomic mass is 9.70. The van der Waals surface area contributed by atoms with E-state index in [1.165, 1.54) is 31.4 Å². The van der Waals surface area contributed by atoms with Gasteiger partial charge in [-0.05, 0) is 60.6 Å². The number of hydrogen-bond donors (Lipinski definition) is 1. The average molecular weight is 284 g/mol. The summed E-state index contributed by atoms with van der Waals surface area (Å²) in [4.78, 5) is 0. The fourth-order valence-electron chi connectivity index (χ4n) is 3.33. The topological polar surface area (TPSA) is 35.8 Å². The van der Waals surface area contributed by atoms with E-state index in [4.69, 9.17) is 5.26 Å². The first-order valence-corrected chi connectivity index (χ1v) is 8.19. The van der Waals surface area contributed by atoms with Gasteiger partial charge in [-0.15, -0.1) is 0 Å². The van der Waals surface area contributed by atoms with Crippen LogP contribution in [-0.2, 0) is 6.42 Å². The Kier molecular flexibility index (Phi) is 5.28. The Morgan fingerprint density at radius 3 is 2.24 bits per heavy atom. The third-order valence-corrected chi connectivity index (χ3v) is 4.90. The zero-order valence-electron chi connectivity index (χ0n) is 13.7. The lowest BCUT2D eigenvalue weighted by Gasteiger charge is -2.37. The van der Waals surface area contributed by atoms with E-state index in [-0.39, 0.29) is 0 Å². The summed E-state index contributed by atoms with van der Waals surface area (Å²) < 4.78 is 0. The molecule has 0 bridgehead atoms. The summed E-state index contributed by atoms with van der Waals surface area (Å²) in [6, 6.07) is 10.5. The maximum absolute atomic E-state index is 8.68. The van der Waals surface area contributed by atoms with E-state index >= 15 is 0 Å². The maximum atomic E-state index is 8.68. The molecule has 2 nitrogen and oxygen atoms in total. The highest BCUT2D eigenvalue weighted by atomic mass is 14.9. The second kappa shape index (κ2) is 6.98. The predicted molar refractivity (Wildman–Crippen MR) is 89.2 cm³/mol. The molecule has 0 aliphatic heterocycles. The maximum Gasteiger partial charge on any atom is 0.0669 e. The normalized spacial score (nSPS) is 22.6. The summed E-state index contributed by atoms with van der Waals surface area (Å²) in [7, 11) is 0. The second-order valence-electron chi connectivity index (χ2n) is 7.50. The molecule has 0 atom stereocenters. The highest BCUT2D eigenvalue weighted by Crippen LogP contribution is 2.39. The monoisotopic (exact) mass is 284 g/mol. The Bertz CT molecular complexity index is 468. The number of nitriles is 1. The smallest absolute Gasteiger partial charge is 0.0669 e. The minimum atomic E-state index is 0.467. The zero-order valence-corrected chi connectivity index (χ0v) is 13.7. The minimum Gasteiger partial charge on any atom is -0.385 e. The summed E-state index contributed by atoms with van der Waals surface area (Å²) >= 11 is 0. The molecule has 2 heteroatoms. The largest absolute Gasteiger partial charge is 0.385 e. The molecule has 21 heavy (non-hydrogen) atoms. The van der Waals surface area contributed by atoms with E-state index in [2.05, 4.69) is 44.3 Å². The first-order valence-electron chi connectivity index (χ1n) is 8.19. The number of nitrogens with zero attached hydrogens (tertiary/aromatic N) is 1. The van der Waals surface area contributed by atoms with Crippen LogP contribution in [0.4, 0.5) is 5.69 Å². The van der Waals surface area contributed by atoms with Crippen molar-refractivity contribution in [2.45, 2.75) is 52.9 Å². The molecule has 1 aliphatic rings. The van der Waals surface area contributed by atoms with Crippen molar-refractivity contribution in [3.63, 3.8) is 0 Å². The molecule has 0 radical (unpaired) electrons. The Labute approximate surface area is 129 Å². The second-order valence-corrected chi connectivity index (χ2v) is 7.50. The first-order chi connectivity index (χ1) is 9.99. The van der Waals surface area contributed by atoms with Crippen molar-refractivity contribution in [1.82, 2.24) is 0 Å². The van der Waals surface area contributed by atoms with E-state index in [1.54, 1.807) is 0 Å². The molecule has 1 aromatic rings. The third kappa shape index (κ3) is 4.77. The van der Waals surface area contributed by atoms with Crippen LogP contribution in [0.3, 0.4) is 0 Å². The summed E-state index contributed by atoms with van der Waals surface area (Å²) in [5, 5.41) is 12.2. The highest BCUT2D eigenvalue weighted by molar-refractivity contribution is 5.45. The van der Waals surface area contributed by atoms with Gasteiger partial charge in [0.05, 0.1) is 12.5 Å². The van der Waals surface area contributed by atoms with Gasteiger partial charge in [-0.2, -0.15) is 5.26 Å². The fraction of sp³-hybridized carbons (Fsp3) is 0.632. The van der Waals surface area contributed by atoms with Gasteiger partial charge in [-0.3, -0.25) is 0 Å². The SMILES string of the molecule is CC(C)(C)C1CCC(CNc2ccc(CC#N)cc2)CC1. The van der Waals surface area contributed by atoms with Crippen LogP contribution in [0.25, 0.3) is 0 Å². The van der Waals surface area contributed by atoms with Gasteiger partial charge in [-0.25, -0.2) is 0 Å². The van der Waals surface area contributed by atoms with Crippen molar-refractivity contribution in [3.05, 3.63) is 29.8 Å². The van der Waals surface area contributed by atoms with Gasteiger partial charge in [0.1, 0.15) is 0 Å². The number of benzene rings is 1. The van der Waals surface area contributed by atoms with Crippen molar-refractivity contribution in [3.8, 4) is 6.07 Å². The van der Waals surface area contributed by atoms with Gasteiger partial charge in [0, 0.05) is 12.2 Å². The van der Waals surface area contributed by atoms with Crippen LogP contribution in [-0.4, -0.2) is 6.54 Å². The molecular weight excluding hydrogens is 256 g/mol. The molecule has 1 saturated carbocycles. The third-order valence-electron chi connectivity index (χ3n) is 4.90. The molecule has 1 aromatic carbocycles. The summed E-state index contributed by atoms with van der Waals surface area (Å²) in [5.41, 5.74) is 2.73. The molecule has 2 rings (SSSR count). The number of anilines is 1. The van der Waals surface area contributed by atoms with Crippen LogP contribution in [0.15, 0.2) is 24.3 Å². The van der Waals surface area contributed by atoms with Gasteiger partial charge in [0.25, 0.3) is 0 Å². The minimum absolute atomic E-state index is 0.467. The zero-order chi connectivity index (χ0) is 15.3. The molecule has 0 heterocycles. The van der Waals surface area contributed by atoms with Gasteiger partial charge >= 0.3 is 0 Å². The highest BCUT2D eigenvalue weighted by Gasteiger charge is 2.29. The van der Waals surface area contributed by atoms with E-state index in [0.717, 1.165) is 23.9 Å². The van der Waals surface area contributed by atoms with Gasteiger partial charge in [0.15, 0.2) is 0 Å². The van der Waals surface area contributed by atoms with Crippen LogP contribution in [0.1, 0.15) is 52.0 Å². The van der Waals surface area contributed by atoms with Crippen LogP contribution in [0.5, 0.6) is 0 Å². The number of hydrogen-bond acceptors (Lipinski definition) is 2. The van der Waals surface area contributed by atoms with Gasteiger partial charge in [0.2, 0.25) is 0 Å². The summed E-state index contributed by atoms with van der Waals surface area (Å²) in [6.07, 6.45) is 5.94. The van der Waals surface area contributed by atoms with Crippen LogP contribution in [0, 0.1) is 28.6 Å².